The molecule has 21 heavy (non-hydrogen) atoms. The summed E-state index contributed by atoms with van der Waals surface area (Å²) in [5.41, 5.74) is 0.539. The van der Waals surface area contributed by atoms with E-state index in [0.717, 1.165) is 12.0 Å². The maximum atomic E-state index is 11.4. The molecule has 0 saturated heterocycles. The van der Waals surface area contributed by atoms with Gasteiger partial charge in [-0.1, -0.05) is 12.7 Å². The van der Waals surface area contributed by atoms with E-state index in [0.29, 0.717) is 31.3 Å². The predicted molar refractivity (Wildman–Crippen MR) is 79.6 cm³/mol. The van der Waals surface area contributed by atoms with Crippen molar-refractivity contribution in [1.82, 2.24) is 0 Å². The van der Waals surface area contributed by atoms with Gasteiger partial charge < -0.3 is 9.84 Å². The molecule has 3 atom stereocenters. The van der Waals surface area contributed by atoms with Crippen molar-refractivity contribution in [1.29, 1.82) is 0 Å². The standard InChI is InChI=1S/C16H26O5/c1-11(2)14(21-19)9-10-16(3,18)13-7-5-12(6-8-13)15(17)20-4/h5,13-14,18-19H,1,6-10H2,2-4H3. The van der Waals surface area contributed by atoms with E-state index in [1.807, 2.05) is 6.08 Å². The van der Waals surface area contributed by atoms with Crippen molar-refractivity contribution in [2.45, 2.75) is 57.7 Å². The Hall–Kier alpha value is -1.17. The third-order valence-electron chi connectivity index (χ3n) is 4.33. The highest BCUT2D eigenvalue weighted by Crippen LogP contribution is 2.35. The van der Waals surface area contributed by atoms with Crippen molar-refractivity contribution in [3.05, 3.63) is 23.8 Å². The van der Waals surface area contributed by atoms with E-state index in [-0.39, 0.29) is 11.9 Å². The molecule has 0 fully saturated rings. The van der Waals surface area contributed by atoms with Crippen LogP contribution in [-0.4, -0.2) is 35.1 Å². The van der Waals surface area contributed by atoms with Crippen molar-refractivity contribution in [3.8, 4) is 0 Å². The number of ether oxygens (including phenoxy) is 1. The Morgan fingerprint density at radius 1 is 1.62 bits per heavy atom. The normalized spacial score (nSPS) is 22.9. The van der Waals surface area contributed by atoms with Crippen LogP contribution in [0, 0.1) is 5.92 Å². The lowest BCUT2D eigenvalue weighted by atomic mass is 9.76. The van der Waals surface area contributed by atoms with Crippen LogP contribution < -0.4 is 0 Å². The van der Waals surface area contributed by atoms with Gasteiger partial charge in [-0.3, -0.25) is 5.26 Å². The van der Waals surface area contributed by atoms with Gasteiger partial charge in [-0.05, 0) is 57.4 Å². The van der Waals surface area contributed by atoms with Crippen LogP contribution in [0.15, 0.2) is 23.8 Å². The number of carbonyl (C=O) groups excluding carboxylic acids is 1. The van der Waals surface area contributed by atoms with Gasteiger partial charge in [0.1, 0.15) is 6.10 Å². The molecule has 5 nitrogen and oxygen atoms in total. The third-order valence-corrected chi connectivity index (χ3v) is 4.33. The molecule has 0 heterocycles. The summed E-state index contributed by atoms with van der Waals surface area (Å²) in [5, 5.41) is 19.5. The fraction of sp³-hybridized carbons (Fsp3) is 0.688. The Balaban J connectivity index is 2.58. The molecular weight excluding hydrogens is 272 g/mol. The molecule has 5 heteroatoms. The van der Waals surface area contributed by atoms with E-state index in [1.54, 1.807) is 13.8 Å². The molecule has 1 aliphatic rings. The molecule has 0 amide bonds. The second-order valence-electron chi connectivity index (χ2n) is 6.03. The van der Waals surface area contributed by atoms with Gasteiger partial charge in [0.2, 0.25) is 0 Å². The minimum absolute atomic E-state index is 0.0790. The molecule has 0 aromatic rings. The zero-order valence-electron chi connectivity index (χ0n) is 13.1. The molecule has 120 valence electrons. The minimum Gasteiger partial charge on any atom is -0.466 e. The summed E-state index contributed by atoms with van der Waals surface area (Å²) in [4.78, 5) is 15.8. The van der Waals surface area contributed by atoms with E-state index in [4.69, 9.17) is 9.99 Å². The molecule has 0 aliphatic heterocycles. The van der Waals surface area contributed by atoms with Crippen LogP contribution in [0.4, 0.5) is 0 Å². The van der Waals surface area contributed by atoms with Crippen LogP contribution in [0.25, 0.3) is 0 Å². The fourth-order valence-corrected chi connectivity index (χ4v) is 2.73. The van der Waals surface area contributed by atoms with Crippen molar-refractivity contribution in [2.75, 3.05) is 7.11 Å². The maximum Gasteiger partial charge on any atom is 0.333 e. The van der Waals surface area contributed by atoms with Gasteiger partial charge in [-0.2, -0.15) is 0 Å². The molecule has 1 aliphatic carbocycles. The smallest absolute Gasteiger partial charge is 0.333 e. The molecular formula is C16H26O5. The number of carbonyl (C=O) groups is 1. The minimum atomic E-state index is -0.871. The molecule has 0 aromatic heterocycles. The second kappa shape index (κ2) is 7.73. The second-order valence-corrected chi connectivity index (χ2v) is 6.03. The summed E-state index contributed by atoms with van der Waals surface area (Å²) < 4.78 is 4.71. The monoisotopic (exact) mass is 298 g/mol. The number of hydrogen-bond donors (Lipinski definition) is 2. The first kappa shape index (κ1) is 17.9. The van der Waals surface area contributed by atoms with E-state index in [1.165, 1.54) is 7.11 Å². The van der Waals surface area contributed by atoms with E-state index in [2.05, 4.69) is 11.5 Å². The van der Waals surface area contributed by atoms with Crippen molar-refractivity contribution >= 4 is 5.97 Å². The van der Waals surface area contributed by atoms with Crippen LogP contribution in [0.2, 0.25) is 0 Å². The molecule has 2 N–H and O–H groups in total. The SMILES string of the molecule is C=C(C)C(CCC(C)(O)C1CC=C(C(=O)OC)CC1)OO. The summed E-state index contributed by atoms with van der Waals surface area (Å²) in [7, 11) is 1.37. The largest absolute Gasteiger partial charge is 0.466 e. The highest BCUT2D eigenvalue weighted by atomic mass is 17.1. The quantitative estimate of drug-likeness (QED) is 0.327. The highest BCUT2D eigenvalue weighted by Gasteiger charge is 2.34. The Bertz CT molecular complexity index is 411. The Labute approximate surface area is 126 Å². The van der Waals surface area contributed by atoms with Gasteiger partial charge in [-0.15, -0.1) is 0 Å². The number of hydrogen-bond acceptors (Lipinski definition) is 5. The van der Waals surface area contributed by atoms with Crippen LogP contribution in [0.3, 0.4) is 0 Å². The first-order valence-corrected chi connectivity index (χ1v) is 7.27. The summed E-state index contributed by atoms with van der Waals surface area (Å²) >= 11 is 0. The summed E-state index contributed by atoms with van der Waals surface area (Å²) in [6, 6.07) is 0. The lowest BCUT2D eigenvalue weighted by molar-refractivity contribution is -0.271. The Morgan fingerprint density at radius 3 is 2.71 bits per heavy atom. The first-order chi connectivity index (χ1) is 9.81. The number of aliphatic hydroxyl groups is 1. The maximum absolute atomic E-state index is 11.4. The molecule has 0 spiro atoms. The zero-order chi connectivity index (χ0) is 16.0. The van der Waals surface area contributed by atoms with E-state index >= 15 is 0 Å². The molecule has 0 bridgehead atoms. The van der Waals surface area contributed by atoms with Crippen LogP contribution in [-0.2, 0) is 14.4 Å². The lowest BCUT2D eigenvalue weighted by Gasteiger charge is -2.35. The summed E-state index contributed by atoms with van der Waals surface area (Å²) in [6.07, 6.45) is 4.41. The molecule has 0 radical (unpaired) electrons. The summed E-state index contributed by atoms with van der Waals surface area (Å²) in [6.45, 7) is 7.32. The number of allylic oxidation sites excluding steroid dienone is 1. The van der Waals surface area contributed by atoms with Gasteiger partial charge in [0.15, 0.2) is 0 Å². The van der Waals surface area contributed by atoms with Gasteiger partial charge in [0.05, 0.1) is 12.7 Å². The van der Waals surface area contributed by atoms with Crippen LogP contribution in [0.5, 0.6) is 0 Å². The van der Waals surface area contributed by atoms with Crippen molar-refractivity contribution in [2.24, 2.45) is 5.92 Å². The molecule has 1 rings (SSSR count). The Morgan fingerprint density at radius 2 is 2.29 bits per heavy atom. The summed E-state index contributed by atoms with van der Waals surface area (Å²) in [5.74, 6) is -0.209. The van der Waals surface area contributed by atoms with Crippen LogP contribution in [0.1, 0.15) is 46.0 Å². The Kier molecular flexibility index (Phi) is 6.58. The van der Waals surface area contributed by atoms with Gasteiger partial charge >= 0.3 is 5.97 Å². The lowest BCUT2D eigenvalue weighted by Crippen LogP contribution is -2.37. The van der Waals surface area contributed by atoms with E-state index in [9.17, 15) is 9.90 Å². The topological polar surface area (TPSA) is 76.0 Å². The first-order valence-electron chi connectivity index (χ1n) is 7.27. The fourth-order valence-electron chi connectivity index (χ4n) is 2.73. The predicted octanol–water partition coefficient (Wildman–Crippen LogP) is 2.85. The van der Waals surface area contributed by atoms with Crippen molar-refractivity contribution < 1.29 is 24.8 Å². The molecule has 0 saturated carbocycles. The average molecular weight is 298 g/mol. The third kappa shape index (κ3) is 4.95. The average Bonchev–Trinajstić information content (AvgIpc) is 2.46. The number of methoxy groups -OCH3 is 1. The van der Waals surface area contributed by atoms with Gasteiger partial charge in [0, 0.05) is 5.57 Å². The van der Waals surface area contributed by atoms with E-state index < -0.39 is 11.7 Å². The van der Waals surface area contributed by atoms with Gasteiger partial charge in [-0.25, -0.2) is 9.68 Å². The highest BCUT2D eigenvalue weighted by molar-refractivity contribution is 5.88. The zero-order valence-corrected chi connectivity index (χ0v) is 13.1. The number of esters is 1. The molecule has 0 aromatic carbocycles. The van der Waals surface area contributed by atoms with Gasteiger partial charge in [0.25, 0.3) is 0 Å². The van der Waals surface area contributed by atoms with Crippen LogP contribution >= 0.6 is 0 Å². The molecule has 3 unspecified atom stereocenters. The van der Waals surface area contributed by atoms with Crippen molar-refractivity contribution in [3.63, 3.8) is 0 Å². The number of rotatable bonds is 7.